The van der Waals surface area contributed by atoms with E-state index in [1.807, 2.05) is 31.2 Å². The lowest BCUT2D eigenvalue weighted by atomic mass is 10.2. The van der Waals surface area contributed by atoms with Crippen LogP contribution in [0.2, 0.25) is 0 Å². The number of aryl methyl sites for hydroxylation is 1. The van der Waals surface area contributed by atoms with E-state index < -0.39 is 0 Å². The molecule has 0 radical (unpaired) electrons. The van der Waals surface area contributed by atoms with Crippen LogP contribution in [0, 0.1) is 6.92 Å². The van der Waals surface area contributed by atoms with E-state index in [9.17, 15) is 9.59 Å². The van der Waals surface area contributed by atoms with Crippen LogP contribution in [-0.4, -0.2) is 26.9 Å². The highest BCUT2D eigenvalue weighted by atomic mass is 16.3. The molecular formula is C19H21N5O3. The fraction of sp³-hybridized carbons (Fsp3) is 0.316. The number of carbonyl (C=O) groups excluding carboxylic acids is 1. The van der Waals surface area contributed by atoms with Crippen molar-refractivity contribution in [1.29, 1.82) is 0 Å². The van der Waals surface area contributed by atoms with Crippen molar-refractivity contribution in [3.05, 3.63) is 58.7 Å². The molecule has 1 aromatic carbocycles. The van der Waals surface area contributed by atoms with Gasteiger partial charge in [-0.25, -0.2) is 14.3 Å². The van der Waals surface area contributed by atoms with Gasteiger partial charge in [0.2, 0.25) is 5.82 Å². The Hall–Kier alpha value is -3.29. The Labute approximate surface area is 155 Å². The fourth-order valence-corrected chi connectivity index (χ4v) is 2.89. The van der Waals surface area contributed by atoms with E-state index in [-0.39, 0.29) is 30.9 Å². The molecule has 1 aliphatic rings. The molecule has 1 fully saturated rings. The van der Waals surface area contributed by atoms with Crippen LogP contribution in [0.4, 0.5) is 10.5 Å². The number of amides is 2. The zero-order valence-corrected chi connectivity index (χ0v) is 15.0. The fourth-order valence-electron chi connectivity index (χ4n) is 2.89. The molecule has 2 N–H and O–H groups in total. The Kier molecular flexibility index (Phi) is 4.53. The second-order valence-corrected chi connectivity index (χ2v) is 6.65. The lowest BCUT2D eigenvalue weighted by Gasteiger charge is -2.07. The number of urea groups is 1. The number of nitrogens with zero attached hydrogens (tertiary/aromatic N) is 3. The minimum atomic E-state index is -0.320. The molecule has 0 atom stereocenters. The molecule has 1 aliphatic carbocycles. The molecule has 140 valence electrons. The van der Waals surface area contributed by atoms with E-state index in [0.29, 0.717) is 17.3 Å². The summed E-state index contributed by atoms with van der Waals surface area (Å²) in [4.78, 5) is 24.7. The van der Waals surface area contributed by atoms with Crippen molar-refractivity contribution in [2.24, 2.45) is 0 Å². The van der Waals surface area contributed by atoms with Gasteiger partial charge in [-0.2, -0.15) is 0 Å². The minimum Gasteiger partial charge on any atom is -0.461 e. The molecule has 0 unspecified atom stereocenters. The molecule has 0 spiro atoms. The second-order valence-electron chi connectivity index (χ2n) is 6.65. The lowest BCUT2D eigenvalue weighted by molar-refractivity contribution is 0.251. The third kappa shape index (κ3) is 3.79. The van der Waals surface area contributed by atoms with Crippen molar-refractivity contribution in [2.45, 2.75) is 32.4 Å². The predicted molar refractivity (Wildman–Crippen MR) is 101 cm³/mol. The summed E-state index contributed by atoms with van der Waals surface area (Å²) in [5.41, 5.74) is 1.66. The highest BCUT2D eigenvalue weighted by Crippen LogP contribution is 2.36. The largest absolute Gasteiger partial charge is 0.461 e. The van der Waals surface area contributed by atoms with Crippen LogP contribution in [0.15, 0.2) is 51.9 Å². The number of carbonyl (C=O) groups is 1. The molecule has 2 heterocycles. The van der Waals surface area contributed by atoms with Gasteiger partial charge in [0.25, 0.3) is 0 Å². The van der Waals surface area contributed by atoms with Crippen LogP contribution in [0.25, 0.3) is 11.6 Å². The van der Waals surface area contributed by atoms with Crippen LogP contribution in [-0.2, 0) is 6.54 Å². The zero-order chi connectivity index (χ0) is 18.8. The van der Waals surface area contributed by atoms with Gasteiger partial charge in [0.05, 0.1) is 12.8 Å². The maximum atomic E-state index is 12.7. The number of anilines is 1. The van der Waals surface area contributed by atoms with Crippen molar-refractivity contribution >= 4 is 11.7 Å². The van der Waals surface area contributed by atoms with E-state index in [1.54, 1.807) is 23.0 Å². The second kappa shape index (κ2) is 7.14. The molecule has 2 aromatic heterocycles. The first-order valence-corrected chi connectivity index (χ1v) is 8.96. The average molecular weight is 367 g/mol. The molecule has 0 aliphatic heterocycles. The van der Waals surface area contributed by atoms with Gasteiger partial charge in [-0.1, -0.05) is 17.7 Å². The summed E-state index contributed by atoms with van der Waals surface area (Å²) in [7, 11) is 0. The highest BCUT2D eigenvalue weighted by Gasteiger charge is 2.31. The Morgan fingerprint density at radius 3 is 2.70 bits per heavy atom. The van der Waals surface area contributed by atoms with Gasteiger partial charge in [-0.15, -0.1) is 5.10 Å². The molecule has 8 nitrogen and oxygen atoms in total. The standard InChI is InChI=1S/C19H21N5O3/c1-13-4-6-14(7-5-13)21-18(25)20-10-11-23-19(26)24(15-8-9-15)17(22-23)16-3-2-12-27-16/h2-7,12,15H,8-11H2,1H3,(H2,20,21,25). The van der Waals surface area contributed by atoms with E-state index in [0.717, 1.165) is 18.4 Å². The van der Waals surface area contributed by atoms with Gasteiger partial charge in [0.1, 0.15) is 0 Å². The van der Waals surface area contributed by atoms with Gasteiger partial charge < -0.3 is 15.1 Å². The summed E-state index contributed by atoms with van der Waals surface area (Å²) >= 11 is 0. The summed E-state index contributed by atoms with van der Waals surface area (Å²) in [5.74, 6) is 1.11. The third-order valence-electron chi connectivity index (χ3n) is 4.44. The van der Waals surface area contributed by atoms with Gasteiger partial charge in [-0.05, 0) is 44.0 Å². The lowest BCUT2D eigenvalue weighted by Crippen LogP contribution is -2.34. The smallest absolute Gasteiger partial charge is 0.346 e. The van der Waals surface area contributed by atoms with Crippen LogP contribution < -0.4 is 16.3 Å². The number of benzene rings is 1. The van der Waals surface area contributed by atoms with Crippen LogP contribution in [0.1, 0.15) is 24.4 Å². The summed E-state index contributed by atoms with van der Waals surface area (Å²) in [5, 5.41) is 9.91. The van der Waals surface area contributed by atoms with Crippen molar-refractivity contribution in [3.8, 4) is 11.6 Å². The van der Waals surface area contributed by atoms with Crippen molar-refractivity contribution < 1.29 is 9.21 Å². The maximum absolute atomic E-state index is 12.7. The Bertz CT molecular complexity index is 982. The number of hydrogen-bond acceptors (Lipinski definition) is 4. The molecule has 27 heavy (non-hydrogen) atoms. The van der Waals surface area contributed by atoms with Crippen LogP contribution in [0.3, 0.4) is 0 Å². The molecule has 2 amide bonds. The monoisotopic (exact) mass is 367 g/mol. The summed E-state index contributed by atoms with van der Waals surface area (Å²) in [6, 6.07) is 11.0. The average Bonchev–Trinajstić information content (AvgIpc) is 3.22. The van der Waals surface area contributed by atoms with E-state index in [2.05, 4.69) is 15.7 Å². The van der Waals surface area contributed by atoms with E-state index in [1.165, 1.54) is 4.68 Å². The number of rotatable bonds is 6. The predicted octanol–water partition coefficient (Wildman–Crippen LogP) is 2.77. The van der Waals surface area contributed by atoms with Gasteiger partial charge in [-0.3, -0.25) is 4.57 Å². The zero-order valence-electron chi connectivity index (χ0n) is 15.0. The molecule has 8 heteroatoms. The number of aromatic nitrogens is 3. The number of nitrogens with one attached hydrogen (secondary N) is 2. The van der Waals surface area contributed by atoms with Crippen molar-refractivity contribution in [1.82, 2.24) is 19.7 Å². The molecular weight excluding hydrogens is 346 g/mol. The van der Waals surface area contributed by atoms with Crippen molar-refractivity contribution in [3.63, 3.8) is 0 Å². The first-order chi connectivity index (χ1) is 13.1. The molecule has 3 aromatic rings. The topological polar surface area (TPSA) is 94.1 Å². The number of hydrogen-bond donors (Lipinski definition) is 2. The molecule has 0 saturated heterocycles. The van der Waals surface area contributed by atoms with Crippen LogP contribution >= 0.6 is 0 Å². The highest BCUT2D eigenvalue weighted by molar-refractivity contribution is 5.89. The normalized spacial score (nSPS) is 13.5. The van der Waals surface area contributed by atoms with Gasteiger partial charge >= 0.3 is 11.7 Å². The summed E-state index contributed by atoms with van der Waals surface area (Å²) in [6.45, 7) is 2.56. The number of furan rings is 1. The molecule has 0 bridgehead atoms. The third-order valence-corrected chi connectivity index (χ3v) is 4.44. The Morgan fingerprint density at radius 1 is 1.26 bits per heavy atom. The first-order valence-electron chi connectivity index (χ1n) is 8.96. The molecule has 1 saturated carbocycles. The SMILES string of the molecule is Cc1ccc(NC(=O)NCCn2nc(-c3ccco3)n(C3CC3)c2=O)cc1. The van der Waals surface area contributed by atoms with Gasteiger partial charge in [0, 0.05) is 18.3 Å². The Balaban J connectivity index is 1.40. The summed E-state index contributed by atoms with van der Waals surface area (Å²) in [6.07, 6.45) is 3.50. The Morgan fingerprint density at radius 2 is 2.04 bits per heavy atom. The summed E-state index contributed by atoms with van der Waals surface area (Å²) < 4.78 is 8.47. The maximum Gasteiger partial charge on any atom is 0.346 e. The van der Waals surface area contributed by atoms with Crippen molar-refractivity contribution in [2.75, 3.05) is 11.9 Å². The van der Waals surface area contributed by atoms with E-state index >= 15 is 0 Å². The quantitative estimate of drug-likeness (QED) is 0.700. The van der Waals surface area contributed by atoms with Crippen LogP contribution in [0.5, 0.6) is 0 Å². The first kappa shape index (κ1) is 17.1. The van der Waals surface area contributed by atoms with E-state index in [4.69, 9.17) is 4.42 Å². The molecule has 4 rings (SSSR count). The van der Waals surface area contributed by atoms with Gasteiger partial charge in [0.15, 0.2) is 5.76 Å². The minimum absolute atomic E-state index is 0.176.